The maximum absolute atomic E-state index is 2.37. The van der Waals surface area contributed by atoms with Crippen LogP contribution >= 0.6 is 0 Å². The van der Waals surface area contributed by atoms with Crippen molar-refractivity contribution in [2.24, 2.45) is 11.8 Å². The van der Waals surface area contributed by atoms with Gasteiger partial charge >= 0.3 is 0 Å². The maximum Gasteiger partial charge on any atom is -0.0229 e. The third-order valence-corrected chi connectivity index (χ3v) is 3.07. The van der Waals surface area contributed by atoms with Crippen LogP contribution < -0.4 is 0 Å². The number of allylic oxidation sites excluding steroid dienone is 2. The third kappa shape index (κ3) is 1.85. The molecule has 0 heterocycles. The summed E-state index contributed by atoms with van der Waals surface area (Å²) >= 11 is 0. The fourth-order valence-corrected chi connectivity index (χ4v) is 2.22. The van der Waals surface area contributed by atoms with Gasteiger partial charge in [-0.15, -0.1) is 0 Å². The van der Waals surface area contributed by atoms with E-state index in [4.69, 9.17) is 0 Å². The first-order valence-corrected chi connectivity index (χ1v) is 4.83. The monoisotopic (exact) mass is 152 g/mol. The zero-order valence-corrected chi connectivity index (χ0v) is 8.28. The van der Waals surface area contributed by atoms with Crippen LogP contribution in [0.25, 0.3) is 0 Å². The van der Waals surface area contributed by atoms with Crippen LogP contribution in [0.5, 0.6) is 0 Å². The van der Waals surface area contributed by atoms with Gasteiger partial charge in [-0.25, -0.2) is 0 Å². The molecule has 64 valence electrons. The number of rotatable bonds is 1. The van der Waals surface area contributed by atoms with Gasteiger partial charge in [-0.1, -0.05) is 31.9 Å². The van der Waals surface area contributed by atoms with E-state index < -0.39 is 0 Å². The molecule has 2 unspecified atom stereocenters. The molecule has 0 heteroatoms. The minimum Gasteiger partial charge on any atom is -0.0713 e. The summed E-state index contributed by atoms with van der Waals surface area (Å²) in [4.78, 5) is 0. The highest BCUT2D eigenvalue weighted by molar-refractivity contribution is 5.17. The molecule has 0 aromatic rings. The molecule has 0 bridgehead atoms. The Morgan fingerprint density at radius 2 is 2.00 bits per heavy atom. The SMILES string of the molecule is CCC1=C(C)C(C)CC(C)C1. The molecule has 11 heavy (non-hydrogen) atoms. The Bertz CT molecular complexity index is 165. The molecule has 1 rings (SSSR count). The van der Waals surface area contributed by atoms with Crippen molar-refractivity contribution in [2.45, 2.75) is 47.0 Å². The first kappa shape index (κ1) is 8.83. The van der Waals surface area contributed by atoms with Gasteiger partial charge in [0.1, 0.15) is 0 Å². The van der Waals surface area contributed by atoms with E-state index in [0.717, 1.165) is 11.8 Å². The molecule has 0 spiro atoms. The first-order chi connectivity index (χ1) is 5.15. The fourth-order valence-electron chi connectivity index (χ4n) is 2.22. The Balaban J connectivity index is 2.77. The molecule has 0 nitrogen and oxygen atoms in total. The molecule has 0 aromatic heterocycles. The normalized spacial score (nSPS) is 32.7. The van der Waals surface area contributed by atoms with E-state index >= 15 is 0 Å². The van der Waals surface area contributed by atoms with Gasteiger partial charge in [0.2, 0.25) is 0 Å². The van der Waals surface area contributed by atoms with Crippen LogP contribution in [0, 0.1) is 11.8 Å². The lowest BCUT2D eigenvalue weighted by Crippen LogP contribution is -2.13. The zero-order valence-electron chi connectivity index (χ0n) is 8.28. The topological polar surface area (TPSA) is 0 Å². The molecule has 0 radical (unpaired) electrons. The number of hydrogen-bond acceptors (Lipinski definition) is 0. The molecule has 0 aromatic carbocycles. The summed E-state index contributed by atoms with van der Waals surface area (Å²) in [7, 11) is 0. The second kappa shape index (κ2) is 3.42. The van der Waals surface area contributed by atoms with Crippen LogP contribution in [-0.4, -0.2) is 0 Å². The summed E-state index contributed by atoms with van der Waals surface area (Å²) in [5, 5.41) is 0. The van der Waals surface area contributed by atoms with Crippen LogP contribution in [0.1, 0.15) is 47.0 Å². The van der Waals surface area contributed by atoms with Gasteiger partial charge in [0, 0.05) is 0 Å². The van der Waals surface area contributed by atoms with E-state index in [1.807, 2.05) is 0 Å². The third-order valence-electron chi connectivity index (χ3n) is 3.07. The van der Waals surface area contributed by atoms with Crippen molar-refractivity contribution in [2.75, 3.05) is 0 Å². The van der Waals surface area contributed by atoms with Crippen molar-refractivity contribution in [3.05, 3.63) is 11.1 Å². The van der Waals surface area contributed by atoms with E-state index in [9.17, 15) is 0 Å². The van der Waals surface area contributed by atoms with Crippen molar-refractivity contribution in [3.8, 4) is 0 Å². The summed E-state index contributed by atoms with van der Waals surface area (Å²) in [5.41, 5.74) is 3.39. The standard InChI is InChI=1S/C11H20/c1-5-11-7-8(2)6-9(3)10(11)4/h8-9H,5-7H2,1-4H3. The highest BCUT2D eigenvalue weighted by atomic mass is 14.2. The Hall–Kier alpha value is -0.260. The maximum atomic E-state index is 2.37. The zero-order chi connectivity index (χ0) is 8.43. The van der Waals surface area contributed by atoms with Crippen LogP contribution in [0.4, 0.5) is 0 Å². The van der Waals surface area contributed by atoms with Gasteiger partial charge in [0.05, 0.1) is 0 Å². The minimum absolute atomic E-state index is 0.841. The summed E-state index contributed by atoms with van der Waals surface area (Å²) < 4.78 is 0. The highest BCUT2D eigenvalue weighted by Crippen LogP contribution is 2.34. The molecule has 0 aliphatic heterocycles. The molecule has 0 saturated heterocycles. The van der Waals surface area contributed by atoms with Gasteiger partial charge in [-0.3, -0.25) is 0 Å². The van der Waals surface area contributed by atoms with Crippen molar-refractivity contribution < 1.29 is 0 Å². The van der Waals surface area contributed by atoms with E-state index in [2.05, 4.69) is 27.7 Å². The molecule has 2 atom stereocenters. The fraction of sp³-hybridized carbons (Fsp3) is 0.818. The van der Waals surface area contributed by atoms with Crippen LogP contribution in [0.15, 0.2) is 11.1 Å². The second-order valence-corrected chi connectivity index (χ2v) is 4.09. The Morgan fingerprint density at radius 3 is 2.55 bits per heavy atom. The van der Waals surface area contributed by atoms with E-state index in [0.29, 0.717) is 0 Å². The predicted octanol–water partition coefficient (Wildman–Crippen LogP) is 3.78. The molecule has 0 N–H and O–H groups in total. The average Bonchev–Trinajstić information content (AvgIpc) is 1.96. The lowest BCUT2D eigenvalue weighted by atomic mass is 9.78. The Morgan fingerprint density at radius 1 is 1.36 bits per heavy atom. The van der Waals surface area contributed by atoms with Crippen molar-refractivity contribution in [1.29, 1.82) is 0 Å². The molecule has 1 aliphatic carbocycles. The lowest BCUT2D eigenvalue weighted by Gasteiger charge is -2.28. The summed E-state index contributed by atoms with van der Waals surface area (Å²) in [5.74, 6) is 1.76. The van der Waals surface area contributed by atoms with E-state index in [1.165, 1.54) is 19.3 Å². The molecule has 0 fully saturated rings. The van der Waals surface area contributed by atoms with Gasteiger partial charge in [0.25, 0.3) is 0 Å². The minimum atomic E-state index is 0.841. The Kier molecular flexibility index (Phi) is 2.75. The first-order valence-electron chi connectivity index (χ1n) is 4.83. The summed E-state index contributed by atoms with van der Waals surface area (Å²) in [6.45, 7) is 9.33. The van der Waals surface area contributed by atoms with Crippen molar-refractivity contribution >= 4 is 0 Å². The average molecular weight is 152 g/mol. The molecular formula is C11H20. The Labute approximate surface area is 70.7 Å². The largest absolute Gasteiger partial charge is 0.0713 e. The van der Waals surface area contributed by atoms with Crippen molar-refractivity contribution in [1.82, 2.24) is 0 Å². The van der Waals surface area contributed by atoms with Gasteiger partial charge < -0.3 is 0 Å². The van der Waals surface area contributed by atoms with Gasteiger partial charge in [-0.2, -0.15) is 0 Å². The second-order valence-electron chi connectivity index (χ2n) is 4.09. The highest BCUT2D eigenvalue weighted by Gasteiger charge is 2.19. The summed E-state index contributed by atoms with van der Waals surface area (Å²) in [6.07, 6.45) is 4.02. The van der Waals surface area contributed by atoms with Gasteiger partial charge in [-0.05, 0) is 38.0 Å². The lowest BCUT2D eigenvalue weighted by molar-refractivity contribution is 0.411. The smallest absolute Gasteiger partial charge is 0.0229 e. The van der Waals surface area contributed by atoms with Crippen LogP contribution in [-0.2, 0) is 0 Å². The summed E-state index contributed by atoms with van der Waals surface area (Å²) in [6, 6.07) is 0. The van der Waals surface area contributed by atoms with Crippen molar-refractivity contribution in [3.63, 3.8) is 0 Å². The predicted molar refractivity (Wildman–Crippen MR) is 50.6 cm³/mol. The van der Waals surface area contributed by atoms with E-state index in [-0.39, 0.29) is 0 Å². The van der Waals surface area contributed by atoms with E-state index in [1.54, 1.807) is 11.1 Å². The van der Waals surface area contributed by atoms with Crippen LogP contribution in [0.3, 0.4) is 0 Å². The quantitative estimate of drug-likeness (QED) is 0.502. The molecular weight excluding hydrogens is 132 g/mol. The van der Waals surface area contributed by atoms with Gasteiger partial charge in [0.15, 0.2) is 0 Å². The number of hydrogen-bond donors (Lipinski definition) is 0. The molecule has 0 saturated carbocycles. The molecule has 1 aliphatic rings. The molecule has 0 amide bonds. The van der Waals surface area contributed by atoms with Crippen LogP contribution in [0.2, 0.25) is 0 Å².